The van der Waals surface area contributed by atoms with E-state index in [-0.39, 0.29) is 55.6 Å². The van der Waals surface area contributed by atoms with Crippen molar-refractivity contribution in [1.82, 2.24) is 5.06 Å². The van der Waals surface area contributed by atoms with Gasteiger partial charge in [-0.25, -0.2) is 32.2 Å². The van der Waals surface area contributed by atoms with E-state index < -0.39 is 26.0 Å². The number of ketones is 1. The van der Waals surface area contributed by atoms with E-state index in [0.717, 1.165) is 60.7 Å². The van der Waals surface area contributed by atoms with Gasteiger partial charge in [-0.05, 0) is 125 Å². The average Bonchev–Trinajstić information content (AvgIpc) is 3.83. The molecule has 1 fully saturated rings. The van der Waals surface area contributed by atoms with Gasteiger partial charge in [0.15, 0.2) is 5.78 Å². The van der Waals surface area contributed by atoms with Gasteiger partial charge in [-0.2, -0.15) is 20.8 Å². The first-order valence-corrected chi connectivity index (χ1v) is 24.4. The molecule has 1 aliphatic rings. The van der Waals surface area contributed by atoms with Gasteiger partial charge in [0.05, 0.1) is 17.2 Å². The Morgan fingerprint density at radius 2 is 1.03 bits per heavy atom. The molecule has 4 N–H and O–H groups in total. The summed E-state index contributed by atoms with van der Waals surface area (Å²) in [5.41, 5.74) is 3.12. The first-order valence-electron chi connectivity index (χ1n) is 19.8. The fraction of sp³-hybridized carbons (Fsp3) is 0.386. The van der Waals surface area contributed by atoms with Crippen molar-refractivity contribution in [2.75, 3.05) is 63.4 Å². The number of sulfonamides is 2. The molecule has 0 atom stereocenters. The molecule has 1 amide bonds. The minimum atomic E-state index is -3.99. The Bertz CT molecular complexity index is 2200. The smallest absolute Gasteiger partial charge is 0.381 e. The van der Waals surface area contributed by atoms with Crippen LogP contribution in [0.2, 0.25) is 10.0 Å². The minimum absolute atomic E-state index is 0. The fourth-order valence-electron chi connectivity index (χ4n) is 5.31. The van der Waals surface area contributed by atoms with Crippen LogP contribution in [-0.4, -0.2) is 87.1 Å². The minimum Gasteiger partial charge on any atom is -0.381 e. The monoisotopic (exact) mass is 1010 g/mol. The van der Waals surface area contributed by atoms with E-state index in [1.165, 1.54) is 68.9 Å². The Labute approximate surface area is 406 Å². The molecule has 4 aromatic rings. The maximum absolute atomic E-state index is 12.6. The van der Waals surface area contributed by atoms with Crippen LogP contribution < -0.4 is 38.9 Å². The van der Waals surface area contributed by atoms with E-state index in [1.54, 1.807) is 12.1 Å². The zero-order valence-corrected chi connectivity index (χ0v) is 42.7. The molecule has 1 aliphatic heterocycles. The van der Waals surface area contributed by atoms with E-state index in [4.69, 9.17) is 43.1 Å². The van der Waals surface area contributed by atoms with Crippen molar-refractivity contribution in [1.29, 1.82) is 0 Å². The number of primary sulfonamides is 2. The zero-order chi connectivity index (χ0) is 47.2. The molecule has 0 spiro atoms. The molecule has 4 aromatic carbocycles. The van der Waals surface area contributed by atoms with Crippen molar-refractivity contribution in [2.24, 2.45) is 10.3 Å². The van der Waals surface area contributed by atoms with E-state index in [0.29, 0.717) is 5.56 Å². The van der Waals surface area contributed by atoms with Crippen LogP contribution in [0.15, 0.2) is 99.2 Å². The average molecular weight is 1010 g/mol. The molecular formula is C44H61BrCl2LiN5O8S2. The quantitative estimate of drug-likeness (QED) is 0.0698. The van der Waals surface area contributed by atoms with Crippen LogP contribution in [-0.2, 0) is 29.6 Å². The Morgan fingerprint density at radius 1 is 0.683 bits per heavy atom. The van der Waals surface area contributed by atoms with E-state index in [9.17, 15) is 26.4 Å². The number of carbonyl (C=O) groups is 2. The molecule has 0 saturated carbocycles. The third-order valence-corrected chi connectivity index (χ3v) is 11.9. The molecule has 13 nitrogen and oxygen atoms in total. The Morgan fingerprint density at radius 3 is 1.37 bits per heavy atom. The van der Waals surface area contributed by atoms with Gasteiger partial charge in [0, 0.05) is 79.0 Å². The van der Waals surface area contributed by atoms with Crippen molar-refractivity contribution in [3.63, 3.8) is 0 Å². The van der Waals surface area contributed by atoms with Gasteiger partial charge < -0.3 is 20.5 Å². The van der Waals surface area contributed by atoms with Crippen LogP contribution in [0.4, 0.5) is 11.4 Å². The van der Waals surface area contributed by atoms with Crippen LogP contribution in [0.1, 0.15) is 87.6 Å². The van der Waals surface area contributed by atoms with E-state index in [2.05, 4.69) is 98.5 Å². The standard InChI is InChI=1S/C17H19ClN2O3S.C10H14BrN.C9H11ClN2O4S.C4H8O.C4H9.Li/c1-3-20(4-2)14-8-5-12(6-9-14)17(21)13-7-10-15(18)16(11-13)24(19,22)23;1-3-12(4-2)10-7-5-9(11)6-8-10;1-12(16-2)9(13)6-3-4-7(10)8(5-6)17(11,14)15;1-2-4-5-3-1;1-4(2)3;/h5-11H,3-4H2,1-2H3,(H2,19,22,23);5-8H,3-4H2,1-2H3;3-5H,1-2H3,(H2,11,14,15);1-4H2;1-3H3;/q;;;;-1;+1. The van der Waals surface area contributed by atoms with Gasteiger partial charge in [0.1, 0.15) is 9.79 Å². The van der Waals surface area contributed by atoms with Crippen LogP contribution in [0.5, 0.6) is 0 Å². The second-order valence-corrected chi connectivity index (χ2v) is 18.7. The molecule has 1 heterocycles. The summed E-state index contributed by atoms with van der Waals surface area (Å²) in [5, 5.41) is 11.0. The molecule has 1 saturated heterocycles. The zero-order valence-electron chi connectivity index (χ0n) is 38.0. The SMILES string of the molecule is C1CCOC1.CCN(CC)c1ccc(Br)cc1.CCN(CC)c1ccc(C(=O)c2ccc(Cl)c(S(N)(=O)=O)c2)cc1.CON(C)C(=O)c1ccc(Cl)c(S(N)(=O)=O)c1.C[C-](C)C.[Li+]. The largest absolute Gasteiger partial charge is 1.00 e. The molecule has 0 unspecified atom stereocenters. The predicted octanol–water partition coefficient (Wildman–Crippen LogP) is 6.40. The van der Waals surface area contributed by atoms with Crippen molar-refractivity contribution < 1.29 is 54.9 Å². The molecule has 0 aromatic heterocycles. The van der Waals surface area contributed by atoms with E-state index in [1.807, 2.05) is 12.1 Å². The van der Waals surface area contributed by atoms with Gasteiger partial charge >= 0.3 is 18.9 Å². The fourth-order valence-corrected chi connectivity index (χ4v) is 7.72. The summed E-state index contributed by atoms with van der Waals surface area (Å²) in [6, 6.07) is 23.4. The first-order chi connectivity index (χ1) is 29.0. The maximum Gasteiger partial charge on any atom is 1.00 e. The van der Waals surface area contributed by atoms with Crippen molar-refractivity contribution in [3.8, 4) is 0 Å². The van der Waals surface area contributed by atoms with Crippen molar-refractivity contribution in [2.45, 2.75) is 71.1 Å². The van der Waals surface area contributed by atoms with Crippen LogP contribution in [0.25, 0.3) is 0 Å². The number of nitrogens with two attached hydrogens (primary N) is 2. The second kappa shape index (κ2) is 30.3. The summed E-state index contributed by atoms with van der Waals surface area (Å²) in [6.45, 7) is 20.6. The summed E-state index contributed by atoms with van der Waals surface area (Å²) in [5.74, 6) is 0.622. The predicted molar refractivity (Wildman–Crippen MR) is 256 cm³/mol. The van der Waals surface area contributed by atoms with Crippen LogP contribution in [0, 0.1) is 5.92 Å². The molecule has 19 heteroatoms. The number of carbonyl (C=O) groups excluding carboxylic acids is 2. The van der Waals surface area contributed by atoms with Crippen molar-refractivity contribution >= 4 is 82.2 Å². The first kappa shape index (κ1) is 60.0. The van der Waals surface area contributed by atoms with Gasteiger partial charge in [0.2, 0.25) is 20.0 Å². The third-order valence-electron chi connectivity index (χ3n) is 8.59. The number of amides is 1. The van der Waals surface area contributed by atoms with Crippen LogP contribution in [0.3, 0.4) is 0 Å². The third kappa shape index (κ3) is 21.7. The molecule has 5 rings (SSSR count). The second-order valence-electron chi connectivity index (χ2n) is 13.9. The summed E-state index contributed by atoms with van der Waals surface area (Å²) in [7, 11) is -5.24. The molecule has 63 heavy (non-hydrogen) atoms. The molecule has 0 aliphatic carbocycles. The number of rotatable bonds is 12. The van der Waals surface area contributed by atoms with Gasteiger partial charge in [0.25, 0.3) is 5.91 Å². The number of hydrogen-bond donors (Lipinski definition) is 2. The Balaban J connectivity index is 0.000000857. The Kier molecular flexibility index (Phi) is 28.8. The number of hydroxylamine groups is 2. The number of hydrogen-bond acceptors (Lipinski definition) is 10. The number of nitrogens with zero attached hydrogens (tertiary/aromatic N) is 3. The summed E-state index contributed by atoms with van der Waals surface area (Å²) in [4.78, 5) is 32.9. The number of benzene rings is 4. The summed E-state index contributed by atoms with van der Waals surface area (Å²) in [6.07, 6.45) is 2.56. The van der Waals surface area contributed by atoms with E-state index >= 15 is 0 Å². The topological polar surface area (TPSA) is 183 Å². The Hall–Kier alpha value is -2.98. The van der Waals surface area contributed by atoms with Crippen LogP contribution >= 0.6 is 39.1 Å². The normalized spacial score (nSPS) is 11.7. The number of anilines is 2. The number of halogens is 3. The summed E-state index contributed by atoms with van der Waals surface area (Å²) >= 11 is 14.9. The maximum atomic E-state index is 12.6. The molecule has 344 valence electrons. The molecule has 0 bridgehead atoms. The molecule has 0 radical (unpaired) electrons. The summed E-state index contributed by atoms with van der Waals surface area (Å²) < 4.78 is 51.5. The van der Waals surface area contributed by atoms with Gasteiger partial charge in [-0.15, -0.1) is 0 Å². The molecular weight excluding hydrogens is 948 g/mol. The van der Waals surface area contributed by atoms with Gasteiger partial charge in [-0.1, -0.05) is 39.1 Å². The number of ether oxygens (including phenoxy) is 1. The van der Waals surface area contributed by atoms with Crippen molar-refractivity contribution in [3.05, 3.63) is 122 Å². The van der Waals surface area contributed by atoms with Gasteiger partial charge in [-0.3, -0.25) is 14.4 Å².